The quantitative estimate of drug-likeness (QED) is 0.288. The summed E-state index contributed by atoms with van der Waals surface area (Å²) < 4.78 is 6.98. The van der Waals surface area contributed by atoms with Gasteiger partial charge in [0, 0.05) is 9.58 Å². The van der Waals surface area contributed by atoms with Crippen molar-refractivity contribution >= 4 is 21.4 Å². The van der Waals surface area contributed by atoms with Crippen LogP contribution in [0.25, 0.3) is 20.5 Å². The summed E-state index contributed by atoms with van der Waals surface area (Å²) in [4.78, 5) is 1.35. The molecule has 0 radical (unpaired) electrons. The maximum absolute atomic E-state index is 5.68. The molecule has 1 aromatic heterocycles. The molecule has 0 bridgehead atoms. The van der Waals surface area contributed by atoms with Crippen LogP contribution in [0.4, 0.5) is 0 Å². The lowest BCUT2D eigenvalue weighted by molar-refractivity contribution is 0.292. The molecule has 0 unspecified atom stereocenters. The Morgan fingerprint density at radius 3 is 2.14 bits per heavy atom. The summed E-state index contributed by atoms with van der Waals surface area (Å²) in [5.41, 5.74) is 2.86. The monoisotopic (exact) mass is 486 g/mol. The van der Waals surface area contributed by atoms with Crippen molar-refractivity contribution in [2.24, 2.45) is 17.8 Å². The van der Waals surface area contributed by atoms with Crippen molar-refractivity contribution in [3.05, 3.63) is 66.2 Å². The topological polar surface area (TPSA) is 9.23 Å². The van der Waals surface area contributed by atoms with E-state index >= 15 is 0 Å². The zero-order chi connectivity index (χ0) is 24.0. The average Bonchev–Trinajstić information content (AvgIpc) is 3.33. The van der Waals surface area contributed by atoms with E-state index in [2.05, 4.69) is 67.6 Å². The van der Waals surface area contributed by atoms with E-state index in [9.17, 15) is 0 Å². The second kappa shape index (κ2) is 11.8. The fraction of sp³-hybridized carbons (Fsp3) is 0.515. The van der Waals surface area contributed by atoms with Crippen LogP contribution in [0.1, 0.15) is 89.5 Å². The zero-order valence-electron chi connectivity index (χ0n) is 21.7. The summed E-state index contributed by atoms with van der Waals surface area (Å²) in [5, 5.41) is 1.30. The zero-order valence-corrected chi connectivity index (χ0v) is 22.5. The van der Waals surface area contributed by atoms with E-state index in [4.69, 9.17) is 4.74 Å². The number of fused-ring (bicyclic) bond motifs is 1. The largest absolute Gasteiger partial charge is 0.494 e. The van der Waals surface area contributed by atoms with Crippen molar-refractivity contribution in [1.29, 1.82) is 0 Å². The van der Waals surface area contributed by atoms with Crippen LogP contribution in [0.3, 0.4) is 0 Å². The SMILES string of the molecule is CCCC1CCC(/C=C/C2CCC(c3ccc(-c4cc5ccc(OCC)cc5s4)cc3)CC2)CC1. The third kappa shape index (κ3) is 6.20. The second-order valence-electron chi connectivity index (χ2n) is 10.9. The molecular formula is C33H42OS. The third-order valence-electron chi connectivity index (χ3n) is 8.48. The Morgan fingerprint density at radius 2 is 1.49 bits per heavy atom. The Bertz CT molecular complexity index is 1090. The van der Waals surface area contributed by atoms with Crippen LogP contribution < -0.4 is 4.74 Å². The summed E-state index contributed by atoms with van der Waals surface area (Å²) in [7, 11) is 0. The summed E-state index contributed by atoms with van der Waals surface area (Å²) in [6, 6.07) is 18.2. The Kier molecular flexibility index (Phi) is 8.29. The van der Waals surface area contributed by atoms with Crippen LogP contribution in [-0.4, -0.2) is 6.61 Å². The number of hydrogen-bond acceptors (Lipinski definition) is 2. The first-order chi connectivity index (χ1) is 17.2. The molecule has 5 rings (SSSR count). The smallest absolute Gasteiger partial charge is 0.120 e. The lowest BCUT2D eigenvalue weighted by atomic mass is 9.77. The first kappa shape index (κ1) is 24.6. The first-order valence-electron chi connectivity index (χ1n) is 14.2. The van der Waals surface area contributed by atoms with Gasteiger partial charge in [-0.15, -0.1) is 11.3 Å². The summed E-state index contributed by atoms with van der Waals surface area (Å²) in [6.45, 7) is 5.08. The van der Waals surface area contributed by atoms with E-state index in [1.807, 2.05) is 18.3 Å². The summed E-state index contributed by atoms with van der Waals surface area (Å²) in [6.07, 6.45) is 19.2. The van der Waals surface area contributed by atoms with Gasteiger partial charge < -0.3 is 4.74 Å². The van der Waals surface area contributed by atoms with Crippen molar-refractivity contribution in [1.82, 2.24) is 0 Å². The van der Waals surface area contributed by atoms with Crippen LogP contribution in [0.2, 0.25) is 0 Å². The van der Waals surface area contributed by atoms with Gasteiger partial charge in [0.2, 0.25) is 0 Å². The molecule has 186 valence electrons. The van der Waals surface area contributed by atoms with Gasteiger partial charge in [-0.05, 0) is 123 Å². The van der Waals surface area contributed by atoms with E-state index in [0.717, 1.165) is 29.4 Å². The van der Waals surface area contributed by atoms with E-state index in [1.165, 1.54) is 90.3 Å². The van der Waals surface area contributed by atoms with Gasteiger partial charge in [-0.2, -0.15) is 0 Å². The molecule has 2 aromatic carbocycles. The molecule has 3 aromatic rings. The van der Waals surface area contributed by atoms with Gasteiger partial charge in [0.15, 0.2) is 0 Å². The number of thiophene rings is 1. The summed E-state index contributed by atoms with van der Waals surface area (Å²) in [5.74, 6) is 4.37. The third-order valence-corrected chi connectivity index (χ3v) is 9.63. The van der Waals surface area contributed by atoms with Crippen molar-refractivity contribution in [2.75, 3.05) is 6.61 Å². The predicted molar refractivity (Wildman–Crippen MR) is 153 cm³/mol. The van der Waals surface area contributed by atoms with Crippen molar-refractivity contribution < 1.29 is 4.74 Å². The highest BCUT2D eigenvalue weighted by molar-refractivity contribution is 7.22. The molecule has 35 heavy (non-hydrogen) atoms. The van der Waals surface area contributed by atoms with E-state index in [0.29, 0.717) is 6.61 Å². The van der Waals surface area contributed by atoms with Gasteiger partial charge in [0.1, 0.15) is 5.75 Å². The molecule has 2 aliphatic carbocycles. The van der Waals surface area contributed by atoms with Crippen molar-refractivity contribution in [3.8, 4) is 16.2 Å². The van der Waals surface area contributed by atoms with Crippen molar-refractivity contribution in [2.45, 2.75) is 84.0 Å². The van der Waals surface area contributed by atoms with Crippen molar-refractivity contribution in [3.63, 3.8) is 0 Å². The maximum atomic E-state index is 5.68. The van der Waals surface area contributed by atoms with Crippen LogP contribution in [-0.2, 0) is 0 Å². The standard InChI is InChI=1S/C33H42OS/c1-3-5-24-6-8-25(9-7-24)10-11-26-12-14-27(15-13-26)28-16-18-29(19-17-28)32-22-30-20-21-31(34-4-2)23-33(30)35-32/h10-11,16-27H,3-9,12-15H2,1-2H3/b11-10+. The molecular weight excluding hydrogens is 444 g/mol. The number of hydrogen-bond donors (Lipinski definition) is 0. The molecule has 0 atom stereocenters. The molecule has 2 aliphatic rings. The lowest BCUT2D eigenvalue weighted by Gasteiger charge is -2.29. The van der Waals surface area contributed by atoms with E-state index in [1.54, 1.807) is 0 Å². The molecule has 0 amide bonds. The predicted octanol–water partition coefficient (Wildman–Crippen LogP) is 10.4. The van der Waals surface area contributed by atoms with Crippen LogP contribution in [0.5, 0.6) is 5.75 Å². The molecule has 1 nitrogen and oxygen atoms in total. The average molecular weight is 487 g/mol. The molecule has 0 spiro atoms. The van der Waals surface area contributed by atoms with Gasteiger partial charge in [-0.1, -0.05) is 56.2 Å². The van der Waals surface area contributed by atoms with Gasteiger partial charge in [0.05, 0.1) is 6.61 Å². The highest BCUT2D eigenvalue weighted by Gasteiger charge is 2.22. The van der Waals surface area contributed by atoms with Gasteiger partial charge >= 0.3 is 0 Å². The fourth-order valence-corrected chi connectivity index (χ4v) is 7.46. The minimum Gasteiger partial charge on any atom is -0.494 e. The Morgan fingerprint density at radius 1 is 0.800 bits per heavy atom. The van der Waals surface area contributed by atoms with Gasteiger partial charge in [0.25, 0.3) is 0 Å². The maximum Gasteiger partial charge on any atom is 0.120 e. The molecule has 2 heteroatoms. The van der Waals surface area contributed by atoms with E-state index < -0.39 is 0 Å². The van der Waals surface area contributed by atoms with Gasteiger partial charge in [-0.25, -0.2) is 0 Å². The van der Waals surface area contributed by atoms with Crippen LogP contribution in [0, 0.1) is 17.8 Å². The molecule has 2 saturated carbocycles. The number of rotatable bonds is 8. The molecule has 0 saturated heterocycles. The first-order valence-corrected chi connectivity index (χ1v) is 15.0. The normalized spacial score (nSPS) is 25.3. The number of allylic oxidation sites excluding steroid dienone is 2. The minimum absolute atomic E-state index is 0.712. The summed E-state index contributed by atoms with van der Waals surface area (Å²) >= 11 is 1.86. The lowest BCUT2D eigenvalue weighted by Crippen LogP contribution is -2.14. The van der Waals surface area contributed by atoms with Gasteiger partial charge in [-0.3, -0.25) is 0 Å². The molecule has 0 aliphatic heterocycles. The molecule has 2 fully saturated rings. The minimum atomic E-state index is 0.712. The Hall–Kier alpha value is -2.06. The van der Waals surface area contributed by atoms with Crippen LogP contribution >= 0.6 is 11.3 Å². The van der Waals surface area contributed by atoms with Crippen LogP contribution in [0.15, 0.2) is 60.7 Å². The van der Waals surface area contributed by atoms with E-state index in [-0.39, 0.29) is 0 Å². The Balaban J connectivity index is 1.14. The molecule has 0 N–H and O–H groups in total. The fourth-order valence-electron chi connectivity index (χ4n) is 6.37. The number of benzene rings is 2. The highest BCUT2D eigenvalue weighted by Crippen LogP contribution is 2.40. The Labute approximate surface area is 216 Å². The number of ether oxygens (including phenoxy) is 1. The highest BCUT2D eigenvalue weighted by atomic mass is 32.1. The molecule has 1 heterocycles. The second-order valence-corrected chi connectivity index (χ2v) is 12.0.